The molecule has 31 heavy (non-hydrogen) atoms. The summed E-state index contributed by atoms with van der Waals surface area (Å²) in [4.78, 5) is 15.4. The number of halogens is 3. The molecule has 0 aromatic heterocycles. The van der Waals surface area contributed by atoms with Crippen molar-refractivity contribution < 1.29 is 18.1 Å². The number of amidine groups is 1. The number of alkyl halides is 3. The van der Waals surface area contributed by atoms with Gasteiger partial charge in [-0.15, -0.1) is 0 Å². The van der Waals surface area contributed by atoms with E-state index in [1.165, 1.54) is 30.0 Å². The summed E-state index contributed by atoms with van der Waals surface area (Å²) >= 11 is 1.19. The molecule has 1 aliphatic rings. The number of nitro benzene ring substituents is 1. The highest BCUT2D eigenvalue weighted by atomic mass is 32.2. The number of benzene rings is 3. The molecule has 1 heterocycles. The predicted molar refractivity (Wildman–Crippen MR) is 117 cm³/mol. The van der Waals surface area contributed by atoms with E-state index in [4.69, 9.17) is 0 Å². The van der Waals surface area contributed by atoms with Crippen LogP contribution in [0.3, 0.4) is 0 Å². The number of thioether (sulfide) groups is 1. The van der Waals surface area contributed by atoms with Gasteiger partial charge in [-0.25, -0.2) is 4.99 Å². The van der Waals surface area contributed by atoms with Gasteiger partial charge in [-0.3, -0.25) is 10.1 Å². The average Bonchev–Trinajstić information content (AvgIpc) is 2.74. The molecule has 9 heteroatoms. The topological polar surface area (TPSA) is 67.5 Å². The van der Waals surface area contributed by atoms with Crippen LogP contribution in [0.15, 0.2) is 77.8 Å². The van der Waals surface area contributed by atoms with Crippen LogP contribution in [-0.4, -0.2) is 10.1 Å². The maximum Gasteiger partial charge on any atom is 0.416 e. The molecule has 1 aliphatic heterocycles. The summed E-state index contributed by atoms with van der Waals surface area (Å²) in [6.45, 7) is 0. The van der Waals surface area contributed by atoms with Crippen molar-refractivity contribution in [3.05, 3.63) is 99.6 Å². The van der Waals surface area contributed by atoms with Crippen molar-refractivity contribution in [1.29, 1.82) is 0 Å². The van der Waals surface area contributed by atoms with Crippen LogP contribution in [0, 0.1) is 10.1 Å². The molecule has 3 aromatic rings. The Balaban J connectivity index is 1.73. The second-order valence-electron chi connectivity index (χ2n) is 6.60. The van der Waals surface area contributed by atoms with E-state index in [2.05, 4.69) is 10.3 Å². The van der Waals surface area contributed by atoms with Gasteiger partial charge in [-0.2, -0.15) is 13.2 Å². The molecular formula is C22H14F3N3O2S. The molecular weight excluding hydrogens is 427 g/mol. The van der Waals surface area contributed by atoms with Gasteiger partial charge >= 0.3 is 6.18 Å². The van der Waals surface area contributed by atoms with Crippen molar-refractivity contribution >= 4 is 45.0 Å². The largest absolute Gasteiger partial charge is 0.416 e. The van der Waals surface area contributed by atoms with E-state index in [1.807, 2.05) is 30.3 Å². The quantitative estimate of drug-likeness (QED) is 0.352. The summed E-state index contributed by atoms with van der Waals surface area (Å²) in [6, 6.07) is 18.5. The van der Waals surface area contributed by atoms with Crippen LogP contribution in [0.5, 0.6) is 0 Å². The monoisotopic (exact) mass is 441 g/mol. The van der Waals surface area contributed by atoms with Crippen LogP contribution >= 0.6 is 11.8 Å². The lowest BCUT2D eigenvalue weighted by Crippen LogP contribution is -2.12. The van der Waals surface area contributed by atoms with Gasteiger partial charge in [-0.1, -0.05) is 42.1 Å². The van der Waals surface area contributed by atoms with Crippen molar-refractivity contribution in [3.63, 3.8) is 0 Å². The molecule has 0 unspecified atom stereocenters. The van der Waals surface area contributed by atoms with Gasteiger partial charge < -0.3 is 5.32 Å². The van der Waals surface area contributed by atoms with Crippen molar-refractivity contribution in [1.82, 2.24) is 0 Å². The maximum absolute atomic E-state index is 13.2. The molecule has 156 valence electrons. The van der Waals surface area contributed by atoms with E-state index in [1.54, 1.807) is 18.2 Å². The van der Waals surface area contributed by atoms with Crippen LogP contribution < -0.4 is 5.32 Å². The van der Waals surface area contributed by atoms with Crippen molar-refractivity contribution in [2.24, 2.45) is 4.99 Å². The molecule has 0 aliphatic carbocycles. The van der Waals surface area contributed by atoms with E-state index in [9.17, 15) is 23.3 Å². The molecule has 0 bridgehead atoms. The first kappa shape index (κ1) is 20.7. The van der Waals surface area contributed by atoms with Gasteiger partial charge in [0, 0.05) is 28.3 Å². The van der Waals surface area contributed by atoms with Crippen molar-refractivity contribution in [3.8, 4) is 0 Å². The SMILES string of the molecule is O=[N+]([O-])c1ccc(NC2=Nc3ccc(C(F)(F)F)cc3/C(=C/c3ccccc3)S2)cc1. The molecule has 5 nitrogen and oxygen atoms in total. The molecule has 0 saturated carbocycles. The van der Waals surface area contributed by atoms with Crippen LogP contribution in [0.4, 0.5) is 30.2 Å². The van der Waals surface area contributed by atoms with Crippen LogP contribution in [0.2, 0.25) is 0 Å². The fourth-order valence-corrected chi connectivity index (χ4v) is 3.94. The molecule has 0 spiro atoms. The number of anilines is 1. The Kier molecular flexibility index (Phi) is 5.51. The molecule has 0 saturated heterocycles. The molecule has 0 atom stereocenters. The van der Waals surface area contributed by atoms with E-state index in [0.717, 1.165) is 17.7 Å². The number of non-ortho nitro benzene ring substituents is 1. The fourth-order valence-electron chi connectivity index (χ4n) is 2.95. The highest BCUT2D eigenvalue weighted by Gasteiger charge is 2.32. The second kappa shape index (κ2) is 8.27. The lowest BCUT2D eigenvalue weighted by atomic mass is 10.1. The third kappa shape index (κ3) is 4.77. The van der Waals surface area contributed by atoms with Crippen LogP contribution in [0.25, 0.3) is 11.0 Å². The zero-order chi connectivity index (χ0) is 22.0. The first-order chi connectivity index (χ1) is 14.8. The summed E-state index contributed by atoms with van der Waals surface area (Å²) in [5.41, 5.74) is 1.42. The first-order valence-electron chi connectivity index (χ1n) is 9.06. The van der Waals surface area contributed by atoms with Gasteiger partial charge in [-0.05, 0) is 42.0 Å². The third-order valence-corrected chi connectivity index (χ3v) is 5.39. The predicted octanol–water partition coefficient (Wildman–Crippen LogP) is 6.96. The smallest absolute Gasteiger partial charge is 0.334 e. The molecule has 0 amide bonds. The van der Waals surface area contributed by atoms with Crippen LogP contribution in [0.1, 0.15) is 16.7 Å². The number of hydrogen-bond acceptors (Lipinski definition) is 5. The normalized spacial score (nSPS) is 14.7. The average molecular weight is 441 g/mol. The number of nitro groups is 1. The van der Waals surface area contributed by atoms with Gasteiger partial charge in [0.1, 0.15) is 0 Å². The Hall–Kier alpha value is -3.59. The number of fused-ring (bicyclic) bond motifs is 1. The zero-order valence-corrected chi connectivity index (χ0v) is 16.6. The molecule has 0 radical (unpaired) electrons. The molecule has 3 aromatic carbocycles. The van der Waals surface area contributed by atoms with Crippen molar-refractivity contribution in [2.45, 2.75) is 6.18 Å². The number of aliphatic imine (C=N–C) groups is 1. The summed E-state index contributed by atoms with van der Waals surface area (Å²) in [7, 11) is 0. The Morgan fingerprint density at radius 3 is 2.35 bits per heavy atom. The minimum absolute atomic E-state index is 0.0431. The molecule has 0 fully saturated rings. The minimum atomic E-state index is -4.46. The third-order valence-electron chi connectivity index (χ3n) is 4.44. The Bertz CT molecular complexity index is 1190. The van der Waals surface area contributed by atoms with Gasteiger partial charge in [0.05, 0.1) is 16.2 Å². The highest BCUT2D eigenvalue weighted by molar-refractivity contribution is 8.22. The number of nitrogens with one attached hydrogen (secondary N) is 1. The number of rotatable bonds is 3. The summed E-state index contributed by atoms with van der Waals surface area (Å²) in [6.07, 6.45) is -2.66. The van der Waals surface area contributed by atoms with E-state index >= 15 is 0 Å². The summed E-state index contributed by atoms with van der Waals surface area (Å²) in [5, 5.41) is 14.3. The Labute approximate surface area is 179 Å². The van der Waals surface area contributed by atoms with E-state index in [0.29, 0.717) is 27.0 Å². The standard InChI is InChI=1S/C22H14F3N3O2S/c23-22(24,25)15-6-11-19-18(13-15)20(12-14-4-2-1-3-5-14)31-21(27-19)26-16-7-9-17(10-8-16)28(29)30/h1-13H,(H,26,27)/b20-12-. The van der Waals surface area contributed by atoms with Crippen LogP contribution in [-0.2, 0) is 6.18 Å². The van der Waals surface area contributed by atoms with Gasteiger partial charge in [0.25, 0.3) is 5.69 Å². The first-order valence-corrected chi connectivity index (χ1v) is 9.88. The Morgan fingerprint density at radius 2 is 1.71 bits per heavy atom. The fraction of sp³-hybridized carbons (Fsp3) is 0.0455. The maximum atomic E-state index is 13.2. The summed E-state index contributed by atoms with van der Waals surface area (Å²) in [5.74, 6) is 0. The lowest BCUT2D eigenvalue weighted by molar-refractivity contribution is -0.384. The number of hydrogen-bond donors (Lipinski definition) is 1. The lowest BCUT2D eigenvalue weighted by Gasteiger charge is -2.20. The van der Waals surface area contributed by atoms with E-state index in [-0.39, 0.29) is 5.69 Å². The van der Waals surface area contributed by atoms with Gasteiger partial charge in [0.15, 0.2) is 5.17 Å². The minimum Gasteiger partial charge on any atom is -0.334 e. The summed E-state index contributed by atoms with van der Waals surface area (Å²) < 4.78 is 39.7. The highest BCUT2D eigenvalue weighted by Crippen LogP contribution is 2.44. The zero-order valence-electron chi connectivity index (χ0n) is 15.8. The molecule has 4 rings (SSSR count). The Morgan fingerprint density at radius 1 is 1.00 bits per heavy atom. The molecule has 1 N–H and O–H groups in total. The van der Waals surface area contributed by atoms with E-state index < -0.39 is 16.7 Å². The van der Waals surface area contributed by atoms with Gasteiger partial charge in [0.2, 0.25) is 0 Å². The second-order valence-corrected chi connectivity index (χ2v) is 7.63. The van der Waals surface area contributed by atoms with Crippen molar-refractivity contribution in [2.75, 3.05) is 5.32 Å². The number of nitrogens with zero attached hydrogens (tertiary/aromatic N) is 2.